The number of aromatic nitrogens is 1. The Morgan fingerprint density at radius 1 is 1.37 bits per heavy atom. The van der Waals surface area contributed by atoms with Gasteiger partial charge in [-0.25, -0.2) is 4.98 Å². The van der Waals surface area contributed by atoms with Crippen LogP contribution in [0.15, 0.2) is 22.6 Å². The third-order valence-corrected chi connectivity index (χ3v) is 3.87. The summed E-state index contributed by atoms with van der Waals surface area (Å²) in [5.41, 5.74) is 1.74. The highest BCUT2D eigenvalue weighted by atomic mass is 16.5. The van der Waals surface area contributed by atoms with E-state index in [1.807, 2.05) is 18.2 Å². The Kier molecular flexibility index (Phi) is 3.69. The number of ether oxygens (including phenoxy) is 1. The lowest BCUT2D eigenvalue weighted by molar-refractivity contribution is 0.343. The molecule has 0 spiro atoms. The summed E-state index contributed by atoms with van der Waals surface area (Å²) in [7, 11) is 1.66. The lowest BCUT2D eigenvalue weighted by atomic mass is 9.93. The number of hydrogen-bond donors (Lipinski definition) is 1. The average molecular weight is 260 g/mol. The van der Waals surface area contributed by atoms with Crippen LogP contribution in [0, 0.1) is 5.92 Å². The van der Waals surface area contributed by atoms with Crippen LogP contribution in [0.3, 0.4) is 0 Å². The van der Waals surface area contributed by atoms with E-state index in [9.17, 15) is 0 Å². The van der Waals surface area contributed by atoms with Crippen molar-refractivity contribution in [3.05, 3.63) is 24.1 Å². The number of methoxy groups -OCH3 is 1. The summed E-state index contributed by atoms with van der Waals surface area (Å²) < 4.78 is 11.0. The molecule has 3 rings (SSSR count). The summed E-state index contributed by atoms with van der Waals surface area (Å²) in [5, 5.41) is 3.39. The first-order valence-corrected chi connectivity index (χ1v) is 6.99. The van der Waals surface area contributed by atoms with Crippen molar-refractivity contribution in [3.63, 3.8) is 0 Å². The highest BCUT2D eigenvalue weighted by molar-refractivity contribution is 5.74. The van der Waals surface area contributed by atoms with Gasteiger partial charge < -0.3 is 14.5 Å². The first kappa shape index (κ1) is 12.5. The molecule has 1 aliphatic heterocycles. The lowest BCUT2D eigenvalue weighted by Crippen LogP contribution is -2.27. The van der Waals surface area contributed by atoms with Gasteiger partial charge in [-0.3, -0.25) is 0 Å². The fourth-order valence-electron chi connectivity index (χ4n) is 2.68. The number of nitrogens with one attached hydrogen (secondary N) is 1. The number of fused-ring (bicyclic) bond motifs is 1. The zero-order chi connectivity index (χ0) is 13.1. The van der Waals surface area contributed by atoms with Gasteiger partial charge in [-0.05, 0) is 50.4 Å². The number of benzene rings is 1. The minimum atomic E-state index is 0.811. The number of rotatable bonds is 4. The fourth-order valence-corrected chi connectivity index (χ4v) is 2.68. The van der Waals surface area contributed by atoms with Crippen LogP contribution < -0.4 is 10.1 Å². The maximum Gasteiger partial charge on any atom is 0.195 e. The highest BCUT2D eigenvalue weighted by Crippen LogP contribution is 2.24. The predicted octanol–water partition coefficient (Wildman–Crippen LogP) is 2.77. The maximum absolute atomic E-state index is 5.79. The minimum Gasteiger partial charge on any atom is -0.497 e. The molecule has 1 fully saturated rings. The molecule has 1 aliphatic rings. The average Bonchev–Trinajstić information content (AvgIpc) is 2.88. The predicted molar refractivity (Wildman–Crippen MR) is 74.5 cm³/mol. The summed E-state index contributed by atoms with van der Waals surface area (Å²) >= 11 is 0. The molecule has 0 amide bonds. The molecule has 0 radical (unpaired) electrons. The molecule has 0 aliphatic carbocycles. The number of piperidine rings is 1. The van der Waals surface area contributed by atoms with E-state index in [0.29, 0.717) is 0 Å². The third-order valence-electron chi connectivity index (χ3n) is 3.87. The summed E-state index contributed by atoms with van der Waals surface area (Å²) in [6.45, 7) is 2.30. The molecule has 1 aromatic heterocycles. The molecule has 4 nitrogen and oxygen atoms in total. The molecule has 19 heavy (non-hydrogen) atoms. The SMILES string of the molecule is COc1ccc2nc(CCC3CCNCC3)oc2c1. The van der Waals surface area contributed by atoms with Gasteiger partial charge >= 0.3 is 0 Å². The molecule has 0 unspecified atom stereocenters. The van der Waals surface area contributed by atoms with Crippen molar-refractivity contribution >= 4 is 11.1 Å². The summed E-state index contributed by atoms with van der Waals surface area (Å²) in [6.07, 6.45) is 4.65. The van der Waals surface area contributed by atoms with Crippen LogP contribution in [0.4, 0.5) is 0 Å². The minimum absolute atomic E-state index is 0.811. The first-order chi connectivity index (χ1) is 9.35. The summed E-state index contributed by atoms with van der Waals surface area (Å²) in [5.74, 6) is 2.47. The van der Waals surface area contributed by atoms with Gasteiger partial charge in [-0.15, -0.1) is 0 Å². The molecule has 2 aromatic rings. The van der Waals surface area contributed by atoms with Gasteiger partial charge in [0.15, 0.2) is 11.5 Å². The van der Waals surface area contributed by atoms with Gasteiger partial charge in [0, 0.05) is 12.5 Å². The topological polar surface area (TPSA) is 47.3 Å². The fraction of sp³-hybridized carbons (Fsp3) is 0.533. The van der Waals surface area contributed by atoms with Crippen LogP contribution in [0.2, 0.25) is 0 Å². The second kappa shape index (κ2) is 5.61. The van der Waals surface area contributed by atoms with Crippen LogP contribution >= 0.6 is 0 Å². The van der Waals surface area contributed by atoms with Crippen LogP contribution in [0.1, 0.15) is 25.2 Å². The summed E-state index contributed by atoms with van der Waals surface area (Å²) in [4.78, 5) is 4.53. The molecule has 1 N–H and O–H groups in total. The van der Waals surface area contributed by atoms with E-state index in [1.165, 1.54) is 19.3 Å². The van der Waals surface area contributed by atoms with E-state index >= 15 is 0 Å². The van der Waals surface area contributed by atoms with Crippen LogP contribution in [-0.4, -0.2) is 25.2 Å². The zero-order valence-corrected chi connectivity index (χ0v) is 11.3. The Labute approximate surface area is 113 Å². The standard InChI is InChI=1S/C15H20N2O2/c1-18-12-3-4-13-14(10-12)19-15(17-13)5-2-11-6-8-16-9-7-11/h3-4,10-11,16H,2,5-9H2,1H3. The normalized spacial score (nSPS) is 16.9. The number of hydrogen-bond acceptors (Lipinski definition) is 4. The molecule has 102 valence electrons. The Bertz CT molecular complexity index is 544. The van der Waals surface area contributed by atoms with Gasteiger partial charge in [0.1, 0.15) is 11.3 Å². The Balaban J connectivity index is 1.67. The molecule has 0 saturated carbocycles. The Hall–Kier alpha value is -1.55. The number of oxazole rings is 1. The molecule has 0 atom stereocenters. The van der Waals surface area contributed by atoms with E-state index in [1.54, 1.807) is 7.11 Å². The molecular formula is C15H20N2O2. The van der Waals surface area contributed by atoms with Crippen molar-refractivity contribution < 1.29 is 9.15 Å². The van der Waals surface area contributed by atoms with E-state index < -0.39 is 0 Å². The summed E-state index contributed by atoms with van der Waals surface area (Å²) in [6, 6.07) is 5.77. The van der Waals surface area contributed by atoms with Gasteiger partial charge in [0.2, 0.25) is 0 Å². The smallest absolute Gasteiger partial charge is 0.195 e. The lowest BCUT2D eigenvalue weighted by Gasteiger charge is -2.21. The Morgan fingerprint density at radius 3 is 3.00 bits per heavy atom. The second-order valence-electron chi connectivity index (χ2n) is 5.17. The molecule has 2 heterocycles. The van der Waals surface area contributed by atoms with Crippen molar-refractivity contribution in [1.29, 1.82) is 0 Å². The first-order valence-electron chi connectivity index (χ1n) is 6.99. The zero-order valence-electron chi connectivity index (χ0n) is 11.3. The van der Waals surface area contributed by atoms with E-state index in [-0.39, 0.29) is 0 Å². The quantitative estimate of drug-likeness (QED) is 0.918. The third kappa shape index (κ3) is 2.89. The van der Waals surface area contributed by atoms with Crippen molar-refractivity contribution in [2.24, 2.45) is 5.92 Å². The highest BCUT2D eigenvalue weighted by Gasteiger charge is 2.14. The molecule has 4 heteroatoms. The maximum atomic E-state index is 5.79. The van der Waals surface area contributed by atoms with E-state index in [4.69, 9.17) is 9.15 Å². The van der Waals surface area contributed by atoms with Crippen molar-refractivity contribution in [2.45, 2.75) is 25.7 Å². The van der Waals surface area contributed by atoms with Crippen molar-refractivity contribution in [3.8, 4) is 5.75 Å². The number of nitrogens with zero attached hydrogens (tertiary/aromatic N) is 1. The Morgan fingerprint density at radius 2 is 2.21 bits per heavy atom. The largest absolute Gasteiger partial charge is 0.497 e. The van der Waals surface area contributed by atoms with Crippen molar-refractivity contribution in [2.75, 3.05) is 20.2 Å². The van der Waals surface area contributed by atoms with Gasteiger partial charge in [-0.1, -0.05) is 0 Å². The molecular weight excluding hydrogens is 240 g/mol. The molecule has 0 bridgehead atoms. The van der Waals surface area contributed by atoms with Crippen LogP contribution in [-0.2, 0) is 6.42 Å². The monoisotopic (exact) mass is 260 g/mol. The molecule has 1 aromatic carbocycles. The van der Waals surface area contributed by atoms with Crippen LogP contribution in [0.25, 0.3) is 11.1 Å². The van der Waals surface area contributed by atoms with Crippen molar-refractivity contribution in [1.82, 2.24) is 10.3 Å². The van der Waals surface area contributed by atoms with E-state index in [2.05, 4.69) is 10.3 Å². The van der Waals surface area contributed by atoms with Gasteiger partial charge in [0.25, 0.3) is 0 Å². The molecule has 1 saturated heterocycles. The van der Waals surface area contributed by atoms with Gasteiger partial charge in [-0.2, -0.15) is 0 Å². The van der Waals surface area contributed by atoms with E-state index in [0.717, 1.165) is 48.2 Å². The van der Waals surface area contributed by atoms with Crippen LogP contribution in [0.5, 0.6) is 5.75 Å². The van der Waals surface area contributed by atoms with Gasteiger partial charge in [0.05, 0.1) is 7.11 Å². The second-order valence-corrected chi connectivity index (χ2v) is 5.17. The number of aryl methyl sites for hydroxylation is 1.